The lowest BCUT2D eigenvalue weighted by atomic mass is 10.0. The molecule has 0 saturated carbocycles. The van der Waals surface area contributed by atoms with Crippen LogP contribution in [0.2, 0.25) is 0 Å². The lowest BCUT2D eigenvalue weighted by molar-refractivity contribution is 0.414. The Morgan fingerprint density at radius 2 is 1.73 bits per heavy atom. The van der Waals surface area contributed by atoms with Crippen LogP contribution >= 0.6 is 11.8 Å². The summed E-state index contributed by atoms with van der Waals surface area (Å²) in [4.78, 5) is 3.65. The van der Waals surface area contributed by atoms with Gasteiger partial charge >= 0.3 is 0 Å². The molecule has 1 aliphatic rings. The van der Waals surface area contributed by atoms with E-state index in [1.165, 1.54) is 26.9 Å². The van der Waals surface area contributed by atoms with E-state index < -0.39 is 0 Å². The van der Waals surface area contributed by atoms with Crippen LogP contribution in [-0.2, 0) is 0 Å². The molecule has 1 unspecified atom stereocenters. The number of fused-ring (bicyclic) bond motifs is 2. The van der Waals surface area contributed by atoms with Crippen molar-refractivity contribution in [1.29, 1.82) is 0 Å². The van der Waals surface area contributed by atoms with Gasteiger partial charge in [-0.25, -0.2) is 0 Å². The van der Waals surface area contributed by atoms with Crippen molar-refractivity contribution in [2.45, 2.75) is 10.3 Å². The SMILES string of the molecule is COc1c(C2Sc3ccccc3N2C)ccc2ccccc12. The standard InChI is InChI=1S/C19H17NOS/c1-20-16-9-5-6-10-17(16)22-19(20)15-12-11-13-7-3-4-8-14(13)18(15)21-2/h3-12,19H,1-2H3. The third kappa shape index (κ3) is 1.97. The van der Waals surface area contributed by atoms with Crippen molar-refractivity contribution >= 4 is 28.2 Å². The Kier molecular flexibility index (Phi) is 3.23. The molecular weight excluding hydrogens is 290 g/mol. The molecule has 0 amide bonds. The molecule has 3 heteroatoms. The van der Waals surface area contributed by atoms with Crippen LogP contribution in [0, 0.1) is 0 Å². The van der Waals surface area contributed by atoms with Gasteiger partial charge in [0.2, 0.25) is 0 Å². The van der Waals surface area contributed by atoms with Crippen LogP contribution in [-0.4, -0.2) is 14.2 Å². The molecule has 1 heterocycles. The number of benzene rings is 3. The maximum atomic E-state index is 5.78. The summed E-state index contributed by atoms with van der Waals surface area (Å²) in [7, 11) is 3.91. The van der Waals surface area contributed by atoms with Gasteiger partial charge in [-0.3, -0.25) is 0 Å². The van der Waals surface area contributed by atoms with Crippen molar-refractivity contribution in [1.82, 2.24) is 0 Å². The van der Waals surface area contributed by atoms with Crippen LogP contribution in [0.1, 0.15) is 10.9 Å². The van der Waals surface area contributed by atoms with Crippen LogP contribution in [0.3, 0.4) is 0 Å². The number of anilines is 1. The van der Waals surface area contributed by atoms with Crippen LogP contribution in [0.15, 0.2) is 65.6 Å². The number of hydrogen-bond donors (Lipinski definition) is 0. The van der Waals surface area contributed by atoms with Crippen molar-refractivity contribution in [3.8, 4) is 5.75 Å². The first-order valence-corrected chi connectivity index (χ1v) is 8.21. The Hall–Kier alpha value is -2.13. The van der Waals surface area contributed by atoms with Gasteiger partial charge in [0.1, 0.15) is 11.1 Å². The molecule has 0 aromatic heterocycles. The van der Waals surface area contributed by atoms with Gasteiger partial charge in [-0.05, 0) is 17.5 Å². The highest BCUT2D eigenvalue weighted by atomic mass is 32.2. The summed E-state index contributed by atoms with van der Waals surface area (Å²) in [5, 5.41) is 2.63. The average Bonchev–Trinajstić information content (AvgIpc) is 2.91. The van der Waals surface area contributed by atoms with E-state index in [9.17, 15) is 0 Å². The lowest BCUT2D eigenvalue weighted by Gasteiger charge is -2.24. The van der Waals surface area contributed by atoms with Crippen LogP contribution in [0.25, 0.3) is 10.8 Å². The maximum Gasteiger partial charge on any atom is 0.132 e. The molecule has 0 N–H and O–H groups in total. The Morgan fingerprint density at radius 3 is 2.55 bits per heavy atom. The van der Waals surface area contributed by atoms with Gasteiger partial charge in [-0.15, -0.1) is 0 Å². The van der Waals surface area contributed by atoms with E-state index in [0.29, 0.717) is 0 Å². The Bertz CT molecular complexity index is 846. The van der Waals surface area contributed by atoms with Gasteiger partial charge in [-0.2, -0.15) is 0 Å². The Morgan fingerprint density at radius 1 is 0.955 bits per heavy atom. The third-order valence-electron chi connectivity index (χ3n) is 4.22. The summed E-state index contributed by atoms with van der Waals surface area (Å²) in [6.07, 6.45) is 0. The minimum atomic E-state index is 0.247. The van der Waals surface area contributed by atoms with Crippen LogP contribution in [0.4, 0.5) is 5.69 Å². The average molecular weight is 307 g/mol. The molecule has 0 bridgehead atoms. The number of methoxy groups -OCH3 is 1. The summed E-state index contributed by atoms with van der Waals surface area (Å²) in [5.41, 5.74) is 2.51. The molecule has 2 nitrogen and oxygen atoms in total. The molecule has 3 aromatic carbocycles. The minimum Gasteiger partial charge on any atom is -0.496 e. The first-order valence-electron chi connectivity index (χ1n) is 7.34. The van der Waals surface area contributed by atoms with E-state index in [4.69, 9.17) is 4.74 Å². The highest BCUT2D eigenvalue weighted by Crippen LogP contribution is 2.52. The van der Waals surface area contributed by atoms with Crippen molar-refractivity contribution in [2.24, 2.45) is 0 Å². The largest absolute Gasteiger partial charge is 0.496 e. The molecular formula is C19H17NOS. The number of nitrogens with zero attached hydrogens (tertiary/aromatic N) is 1. The number of para-hydroxylation sites is 1. The quantitative estimate of drug-likeness (QED) is 0.654. The monoisotopic (exact) mass is 307 g/mol. The van der Waals surface area contributed by atoms with Gasteiger partial charge in [0.05, 0.1) is 12.8 Å². The van der Waals surface area contributed by atoms with E-state index in [0.717, 1.165) is 5.75 Å². The number of thioether (sulfide) groups is 1. The van der Waals surface area contributed by atoms with Gasteiger partial charge in [-0.1, -0.05) is 60.3 Å². The lowest BCUT2D eigenvalue weighted by Crippen LogP contribution is -2.17. The van der Waals surface area contributed by atoms with Gasteiger partial charge in [0.25, 0.3) is 0 Å². The van der Waals surface area contributed by atoms with Gasteiger partial charge < -0.3 is 9.64 Å². The predicted octanol–water partition coefficient (Wildman–Crippen LogP) is 5.09. The maximum absolute atomic E-state index is 5.78. The Balaban J connectivity index is 1.86. The molecule has 0 saturated heterocycles. The topological polar surface area (TPSA) is 12.5 Å². The van der Waals surface area contributed by atoms with Gasteiger partial charge in [0.15, 0.2) is 0 Å². The van der Waals surface area contributed by atoms with E-state index in [-0.39, 0.29) is 5.37 Å². The first-order chi connectivity index (χ1) is 10.8. The fraction of sp³-hybridized carbons (Fsp3) is 0.158. The zero-order valence-electron chi connectivity index (χ0n) is 12.6. The van der Waals surface area contributed by atoms with E-state index in [2.05, 4.69) is 72.6 Å². The normalized spacial score (nSPS) is 16.8. The molecule has 0 spiro atoms. The summed E-state index contributed by atoms with van der Waals surface area (Å²) in [6, 6.07) is 21.3. The molecule has 0 aliphatic carbocycles. The minimum absolute atomic E-state index is 0.247. The number of hydrogen-bond acceptors (Lipinski definition) is 3. The fourth-order valence-electron chi connectivity index (χ4n) is 3.13. The zero-order valence-corrected chi connectivity index (χ0v) is 13.4. The van der Waals surface area contributed by atoms with E-state index in [1.807, 2.05) is 11.8 Å². The highest BCUT2D eigenvalue weighted by Gasteiger charge is 2.30. The Labute approximate surface area is 134 Å². The summed E-state index contributed by atoms with van der Waals surface area (Å²) in [5.74, 6) is 0.982. The second kappa shape index (κ2) is 5.25. The van der Waals surface area contributed by atoms with E-state index >= 15 is 0 Å². The molecule has 110 valence electrons. The molecule has 1 aliphatic heterocycles. The molecule has 3 aromatic rings. The molecule has 22 heavy (non-hydrogen) atoms. The second-order valence-electron chi connectivity index (χ2n) is 5.46. The van der Waals surface area contributed by atoms with E-state index in [1.54, 1.807) is 7.11 Å². The highest BCUT2D eigenvalue weighted by molar-refractivity contribution is 8.00. The van der Waals surface area contributed by atoms with Crippen molar-refractivity contribution in [3.63, 3.8) is 0 Å². The second-order valence-corrected chi connectivity index (χ2v) is 6.58. The van der Waals surface area contributed by atoms with Gasteiger partial charge in [0, 0.05) is 22.9 Å². The van der Waals surface area contributed by atoms with Crippen LogP contribution < -0.4 is 9.64 Å². The molecule has 4 rings (SSSR count). The zero-order chi connectivity index (χ0) is 15.1. The van der Waals surface area contributed by atoms with Crippen molar-refractivity contribution in [3.05, 3.63) is 66.2 Å². The fourth-order valence-corrected chi connectivity index (χ4v) is 4.44. The predicted molar refractivity (Wildman–Crippen MR) is 93.9 cm³/mol. The molecule has 0 radical (unpaired) electrons. The number of ether oxygens (including phenoxy) is 1. The smallest absolute Gasteiger partial charge is 0.132 e. The number of rotatable bonds is 2. The summed E-state index contributed by atoms with van der Waals surface area (Å²) in [6.45, 7) is 0. The molecule has 1 atom stereocenters. The van der Waals surface area contributed by atoms with Crippen molar-refractivity contribution in [2.75, 3.05) is 19.1 Å². The summed E-state index contributed by atoms with van der Waals surface area (Å²) < 4.78 is 5.78. The van der Waals surface area contributed by atoms with Crippen molar-refractivity contribution < 1.29 is 4.74 Å². The van der Waals surface area contributed by atoms with Crippen LogP contribution in [0.5, 0.6) is 5.75 Å². The first kappa shape index (κ1) is 13.5. The third-order valence-corrected chi connectivity index (χ3v) is 5.61. The summed E-state index contributed by atoms with van der Waals surface area (Å²) >= 11 is 1.88. The molecule has 0 fully saturated rings.